The zero-order valence-electron chi connectivity index (χ0n) is 14.5. The van der Waals surface area contributed by atoms with E-state index in [-0.39, 0.29) is 24.4 Å². The zero-order chi connectivity index (χ0) is 17.6. The number of nitrogens with zero attached hydrogens (tertiary/aromatic N) is 2. The topological polar surface area (TPSA) is 69.7 Å². The fraction of sp³-hybridized carbons (Fsp3) is 0.526. The average molecular weight is 341 g/mol. The van der Waals surface area contributed by atoms with Crippen LogP contribution in [0.2, 0.25) is 0 Å². The first-order chi connectivity index (χ1) is 12.0. The number of urea groups is 1. The third-order valence-electron chi connectivity index (χ3n) is 5.84. The lowest BCUT2D eigenvalue weighted by Gasteiger charge is -2.34. The van der Waals surface area contributed by atoms with Crippen LogP contribution in [0.15, 0.2) is 24.3 Å². The molecule has 0 unspecified atom stereocenters. The van der Waals surface area contributed by atoms with Crippen LogP contribution in [0.5, 0.6) is 0 Å². The van der Waals surface area contributed by atoms with Gasteiger partial charge >= 0.3 is 6.03 Å². The van der Waals surface area contributed by atoms with Crippen molar-refractivity contribution in [1.82, 2.24) is 15.1 Å². The van der Waals surface area contributed by atoms with E-state index in [1.54, 1.807) is 4.90 Å². The minimum Gasteiger partial charge on any atom is -0.338 e. The molecule has 6 heteroatoms. The standard InChI is InChI=1S/C19H23N3O3/c1-13-6-4-5-11-21(13)16(23)12-22-17(24)19(20-18(22)25)10-9-14-7-2-3-8-15(14)19/h2-3,7-8,13H,4-6,9-12H2,1H3,(H,20,25)/t13-,19+/m1/s1. The second kappa shape index (κ2) is 5.86. The van der Waals surface area contributed by atoms with Crippen LogP contribution in [0.4, 0.5) is 4.79 Å². The molecule has 2 heterocycles. The van der Waals surface area contributed by atoms with Gasteiger partial charge in [-0.05, 0) is 50.2 Å². The number of carbonyl (C=O) groups excluding carboxylic acids is 3. The summed E-state index contributed by atoms with van der Waals surface area (Å²) in [6, 6.07) is 7.43. The Morgan fingerprint density at radius 2 is 2.08 bits per heavy atom. The van der Waals surface area contributed by atoms with Crippen molar-refractivity contribution >= 4 is 17.8 Å². The fourth-order valence-electron chi connectivity index (χ4n) is 4.43. The van der Waals surface area contributed by atoms with Gasteiger partial charge in [0.05, 0.1) is 0 Å². The Kier molecular flexibility index (Phi) is 3.78. The van der Waals surface area contributed by atoms with Crippen LogP contribution in [0.1, 0.15) is 43.7 Å². The van der Waals surface area contributed by atoms with Crippen molar-refractivity contribution in [2.45, 2.75) is 50.6 Å². The van der Waals surface area contributed by atoms with E-state index in [1.807, 2.05) is 31.2 Å². The molecule has 6 nitrogen and oxygen atoms in total. The Bertz CT molecular complexity index is 747. The van der Waals surface area contributed by atoms with Crippen LogP contribution in [-0.2, 0) is 21.5 Å². The van der Waals surface area contributed by atoms with Gasteiger partial charge in [-0.3, -0.25) is 14.5 Å². The van der Waals surface area contributed by atoms with Crippen molar-refractivity contribution in [2.24, 2.45) is 0 Å². The molecule has 1 aromatic rings. The highest BCUT2D eigenvalue weighted by Gasteiger charge is 2.55. The van der Waals surface area contributed by atoms with E-state index in [0.29, 0.717) is 13.0 Å². The lowest BCUT2D eigenvalue weighted by Crippen LogP contribution is -2.48. The van der Waals surface area contributed by atoms with Gasteiger partial charge in [0.1, 0.15) is 12.1 Å². The van der Waals surface area contributed by atoms with E-state index in [0.717, 1.165) is 41.7 Å². The van der Waals surface area contributed by atoms with E-state index in [2.05, 4.69) is 5.32 Å². The van der Waals surface area contributed by atoms with Crippen LogP contribution >= 0.6 is 0 Å². The van der Waals surface area contributed by atoms with Gasteiger partial charge in [-0.15, -0.1) is 0 Å². The number of fused-ring (bicyclic) bond motifs is 2. The molecular weight excluding hydrogens is 318 g/mol. The van der Waals surface area contributed by atoms with Gasteiger partial charge in [-0.25, -0.2) is 4.79 Å². The second-order valence-electron chi connectivity index (χ2n) is 7.32. The molecule has 2 fully saturated rings. The summed E-state index contributed by atoms with van der Waals surface area (Å²) in [7, 11) is 0. The minimum absolute atomic E-state index is 0.140. The lowest BCUT2D eigenvalue weighted by molar-refractivity contribution is -0.141. The molecule has 2 aliphatic heterocycles. The maximum Gasteiger partial charge on any atom is 0.325 e. The Morgan fingerprint density at radius 1 is 1.28 bits per heavy atom. The first-order valence-electron chi connectivity index (χ1n) is 9.05. The van der Waals surface area contributed by atoms with Crippen molar-refractivity contribution in [2.75, 3.05) is 13.1 Å². The summed E-state index contributed by atoms with van der Waals surface area (Å²) < 4.78 is 0. The van der Waals surface area contributed by atoms with Crippen molar-refractivity contribution in [3.05, 3.63) is 35.4 Å². The van der Waals surface area contributed by atoms with Crippen LogP contribution < -0.4 is 5.32 Å². The van der Waals surface area contributed by atoms with Gasteiger partial charge in [0.2, 0.25) is 5.91 Å². The number of rotatable bonds is 2. The molecule has 2 saturated heterocycles. The number of imide groups is 1. The van der Waals surface area contributed by atoms with Crippen LogP contribution in [0, 0.1) is 0 Å². The number of likely N-dealkylation sites (tertiary alicyclic amines) is 1. The van der Waals surface area contributed by atoms with Crippen molar-refractivity contribution in [3.63, 3.8) is 0 Å². The molecule has 2 atom stereocenters. The Balaban J connectivity index is 1.56. The lowest BCUT2D eigenvalue weighted by atomic mass is 9.92. The molecule has 0 radical (unpaired) electrons. The van der Waals surface area contributed by atoms with E-state index in [1.165, 1.54) is 0 Å². The van der Waals surface area contributed by atoms with Crippen LogP contribution in [0.3, 0.4) is 0 Å². The monoisotopic (exact) mass is 341 g/mol. The summed E-state index contributed by atoms with van der Waals surface area (Å²) in [6.07, 6.45) is 4.39. The smallest absolute Gasteiger partial charge is 0.325 e. The molecule has 1 aliphatic carbocycles. The molecule has 132 valence electrons. The second-order valence-corrected chi connectivity index (χ2v) is 7.32. The quantitative estimate of drug-likeness (QED) is 0.834. The maximum absolute atomic E-state index is 13.1. The van der Waals surface area contributed by atoms with Gasteiger partial charge in [-0.2, -0.15) is 0 Å². The number of carbonyl (C=O) groups is 3. The third-order valence-corrected chi connectivity index (χ3v) is 5.84. The molecule has 3 aliphatic rings. The predicted octanol–water partition coefficient (Wildman–Crippen LogP) is 1.78. The van der Waals surface area contributed by atoms with Crippen molar-refractivity contribution in [3.8, 4) is 0 Å². The van der Waals surface area contributed by atoms with Crippen molar-refractivity contribution in [1.29, 1.82) is 0 Å². The molecule has 4 amide bonds. The normalized spacial score (nSPS) is 28.4. The molecule has 0 aromatic heterocycles. The summed E-state index contributed by atoms with van der Waals surface area (Å²) in [6.45, 7) is 2.56. The van der Waals surface area contributed by atoms with Crippen LogP contribution in [-0.4, -0.2) is 46.8 Å². The summed E-state index contributed by atoms with van der Waals surface area (Å²) in [5, 5.41) is 2.87. The molecule has 1 aromatic carbocycles. The Labute approximate surface area is 147 Å². The van der Waals surface area contributed by atoms with Gasteiger partial charge in [0.15, 0.2) is 0 Å². The van der Waals surface area contributed by atoms with Crippen LogP contribution in [0.25, 0.3) is 0 Å². The molecule has 0 saturated carbocycles. The van der Waals surface area contributed by atoms with E-state index in [4.69, 9.17) is 0 Å². The van der Waals surface area contributed by atoms with E-state index < -0.39 is 11.6 Å². The molecule has 0 bridgehead atoms. The zero-order valence-corrected chi connectivity index (χ0v) is 14.5. The largest absolute Gasteiger partial charge is 0.338 e. The van der Waals surface area contributed by atoms with Crippen molar-refractivity contribution < 1.29 is 14.4 Å². The van der Waals surface area contributed by atoms with Gasteiger partial charge in [-0.1, -0.05) is 24.3 Å². The number of hydrogen-bond donors (Lipinski definition) is 1. The summed E-state index contributed by atoms with van der Waals surface area (Å²) in [5.74, 6) is -0.431. The molecule has 1 spiro atoms. The highest BCUT2D eigenvalue weighted by molar-refractivity contribution is 6.09. The maximum atomic E-state index is 13.1. The fourth-order valence-corrected chi connectivity index (χ4v) is 4.43. The van der Waals surface area contributed by atoms with Gasteiger partial charge in [0, 0.05) is 12.6 Å². The van der Waals surface area contributed by atoms with E-state index >= 15 is 0 Å². The van der Waals surface area contributed by atoms with E-state index in [9.17, 15) is 14.4 Å². The Hall–Kier alpha value is -2.37. The highest BCUT2D eigenvalue weighted by atomic mass is 16.2. The van der Waals surface area contributed by atoms with Gasteiger partial charge < -0.3 is 10.2 Å². The average Bonchev–Trinajstić information content (AvgIpc) is 3.09. The highest BCUT2D eigenvalue weighted by Crippen LogP contribution is 2.41. The number of piperidine rings is 1. The number of benzene rings is 1. The molecular formula is C19H23N3O3. The first kappa shape index (κ1) is 16.1. The minimum atomic E-state index is -0.985. The summed E-state index contributed by atoms with van der Waals surface area (Å²) in [4.78, 5) is 41.1. The summed E-state index contributed by atoms with van der Waals surface area (Å²) in [5.41, 5.74) is 0.977. The number of hydrogen-bond acceptors (Lipinski definition) is 3. The Morgan fingerprint density at radius 3 is 2.88 bits per heavy atom. The number of aryl methyl sites for hydroxylation is 1. The predicted molar refractivity (Wildman–Crippen MR) is 91.7 cm³/mol. The first-order valence-corrected chi connectivity index (χ1v) is 9.05. The SMILES string of the molecule is C[C@@H]1CCCCN1C(=O)CN1C(=O)N[C@]2(CCc3ccccc32)C1=O. The number of nitrogens with one attached hydrogen (secondary N) is 1. The van der Waals surface area contributed by atoms with Gasteiger partial charge in [0.25, 0.3) is 5.91 Å². The molecule has 25 heavy (non-hydrogen) atoms. The third kappa shape index (κ3) is 2.42. The summed E-state index contributed by atoms with van der Waals surface area (Å²) >= 11 is 0. The molecule has 4 rings (SSSR count). The number of amides is 4. The molecule has 1 N–H and O–H groups in total.